The summed E-state index contributed by atoms with van der Waals surface area (Å²) in [7, 11) is 0. The predicted octanol–water partition coefficient (Wildman–Crippen LogP) is 18.9. The predicted molar refractivity (Wildman–Crippen MR) is 313 cm³/mol. The van der Waals surface area contributed by atoms with Crippen LogP contribution in [-0.4, -0.2) is 4.57 Å². The van der Waals surface area contributed by atoms with Gasteiger partial charge in [-0.3, -0.25) is 0 Å². The van der Waals surface area contributed by atoms with Crippen LogP contribution in [0, 0.1) is 0 Å². The van der Waals surface area contributed by atoms with Gasteiger partial charge in [-0.2, -0.15) is 0 Å². The third kappa shape index (κ3) is 6.14. The fourth-order valence-electron chi connectivity index (χ4n) is 13.6. The van der Waals surface area contributed by atoms with Crippen LogP contribution in [-0.2, 0) is 16.2 Å². The Kier molecular flexibility index (Phi) is 8.44. The van der Waals surface area contributed by atoms with Crippen molar-refractivity contribution in [3.8, 4) is 50.2 Å². The molecule has 2 nitrogen and oxygen atoms in total. The topological polar surface area (TPSA) is 8.17 Å². The summed E-state index contributed by atoms with van der Waals surface area (Å²) in [4.78, 5) is 1.97. The number of hydrogen-bond donors (Lipinski definition) is 0. The van der Waals surface area contributed by atoms with Gasteiger partial charge < -0.3 is 9.47 Å². The fraction of sp³-hybridized carbons (Fsp3) is 0.0959. The molecular weight excluding hydrogens is 905 g/mol. The molecule has 0 amide bonds. The van der Waals surface area contributed by atoms with Crippen molar-refractivity contribution in [2.24, 2.45) is 0 Å². The second kappa shape index (κ2) is 16.0. The third-order valence-electron chi connectivity index (χ3n) is 17.1. The summed E-state index contributed by atoms with van der Waals surface area (Å²) in [5, 5.41) is 1.98. The van der Waals surface area contributed by atoms with E-state index in [0.29, 0.717) is 5.56 Å². The van der Waals surface area contributed by atoms with E-state index in [0.717, 1.165) is 66.7 Å². The van der Waals surface area contributed by atoms with Gasteiger partial charge in [0.25, 0.3) is 0 Å². The summed E-state index contributed by atoms with van der Waals surface area (Å²) in [6.07, 6.45) is 0. The third-order valence-corrected chi connectivity index (χ3v) is 17.1. The molecule has 2 heteroatoms. The summed E-state index contributed by atoms with van der Waals surface area (Å²) in [6, 6.07) is 81.5. The lowest BCUT2D eigenvalue weighted by Gasteiger charge is -2.34. The zero-order chi connectivity index (χ0) is 53.7. The second-order valence-corrected chi connectivity index (χ2v) is 21.7. The first-order chi connectivity index (χ1) is 38.4. The van der Waals surface area contributed by atoms with Gasteiger partial charge in [-0.1, -0.05) is 210 Å². The smallest absolute Gasteiger partial charge is 0.0713 e. The van der Waals surface area contributed by atoms with E-state index in [4.69, 9.17) is 0 Å². The van der Waals surface area contributed by atoms with Crippen molar-refractivity contribution in [2.45, 2.75) is 43.9 Å². The molecule has 75 heavy (non-hydrogen) atoms. The van der Waals surface area contributed by atoms with Crippen LogP contribution in [0.1, 0.15) is 77.7 Å². The maximum absolute atomic E-state index is 10.1. The van der Waals surface area contributed by atoms with E-state index in [1.165, 1.54) is 50.1 Å². The molecule has 11 aromatic carbocycles. The maximum Gasteiger partial charge on any atom is 0.0713 e. The standard InChI is InChI=1S/C73H54N2/c1-71(2)64-28-16-12-26-58(64)60-45-53(38-40-65(60)71)74(54-37-39-59-55-23-11-15-27-63(55)72(3,4)68(59)46-54)52-35-31-47(32-36-52)48-33-41-69-61(43-48)62-44-50(34-42-70(62)75(69)51-21-9-6-10-22-51)73(49-19-7-5-8-20-49)66-29-17-13-24-56(66)57-25-14-18-30-67(57)73/h5-46H,1-4H3/i31D,32D,35D,36D. The minimum Gasteiger partial charge on any atom is -0.310 e. The number of anilines is 3. The number of nitrogens with zero attached hydrogens (tertiary/aromatic N) is 2. The molecule has 0 aliphatic heterocycles. The molecule has 0 saturated carbocycles. The van der Waals surface area contributed by atoms with Crippen molar-refractivity contribution in [3.63, 3.8) is 0 Å². The largest absolute Gasteiger partial charge is 0.310 e. The monoisotopic (exact) mass is 962 g/mol. The molecule has 0 spiro atoms. The first-order valence-corrected chi connectivity index (χ1v) is 26.2. The minimum absolute atomic E-state index is 0.100. The molecule has 356 valence electrons. The average Bonchev–Trinajstić information content (AvgIpc) is 3.12. The Balaban J connectivity index is 0.947. The van der Waals surface area contributed by atoms with Gasteiger partial charge in [0.1, 0.15) is 0 Å². The van der Waals surface area contributed by atoms with Crippen LogP contribution in [0.4, 0.5) is 17.1 Å². The molecule has 0 atom stereocenters. The molecule has 0 fully saturated rings. The van der Waals surface area contributed by atoms with Crippen molar-refractivity contribution in [1.29, 1.82) is 0 Å². The molecule has 0 saturated heterocycles. The van der Waals surface area contributed by atoms with E-state index in [-0.39, 0.29) is 46.3 Å². The van der Waals surface area contributed by atoms with E-state index in [2.05, 4.69) is 251 Å². The van der Waals surface area contributed by atoms with Gasteiger partial charge in [0.2, 0.25) is 0 Å². The highest BCUT2D eigenvalue weighted by atomic mass is 15.1. The van der Waals surface area contributed by atoms with Gasteiger partial charge in [-0.15, -0.1) is 0 Å². The lowest BCUT2D eigenvalue weighted by Crippen LogP contribution is -2.28. The van der Waals surface area contributed by atoms with E-state index in [1.807, 2.05) is 17.0 Å². The molecule has 1 heterocycles. The van der Waals surface area contributed by atoms with E-state index in [1.54, 1.807) is 0 Å². The number of hydrogen-bond acceptors (Lipinski definition) is 1. The first kappa shape index (κ1) is 39.5. The zero-order valence-electron chi connectivity index (χ0n) is 46.3. The van der Waals surface area contributed by atoms with Crippen LogP contribution in [0.25, 0.3) is 72.0 Å². The molecule has 0 N–H and O–H groups in total. The summed E-state index contributed by atoms with van der Waals surface area (Å²) in [5.41, 5.74) is 21.2. The van der Waals surface area contributed by atoms with E-state index < -0.39 is 5.41 Å². The Bertz CT molecular complexity index is 4470. The van der Waals surface area contributed by atoms with Crippen LogP contribution in [0.2, 0.25) is 0 Å². The number of fused-ring (bicyclic) bond motifs is 12. The Morgan fingerprint density at radius 2 is 0.813 bits per heavy atom. The van der Waals surface area contributed by atoms with Crippen molar-refractivity contribution in [1.82, 2.24) is 4.57 Å². The Labute approximate surface area is 445 Å². The summed E-state index contributed by atoms with van der Waals surface area (Å²) in [6.45, 7) is 9.05. The van der Waals surface area contributed by atoms with Crippen molar-refractivity contribution >= 4 is 38.9 Å². The van der Waals surface area contributed by atoms with E-state index >= 15 is 0 Å². The highest BCUT2D eigenvalue weighted by Gasteiger charge is 2.46. The molecule has 0 unspecified atom stereocenters. The van der Waals surface area contributed by atoms with Crippen molar-refractivity contribution < 1.29 is 5.48 Å². The average molecular weight is 963 g/mol. The normalized spacial score (nSPS) is 15.5. The highest BCUT2D eigenvalue weighted by molar-refractivity contribution is 6.11. The summed E-state index contributed by atoms with van der Waals surface area (Å²) < 4.78 is 42.7. The van der Waals surface area contributed by atoms with Gasteiger partial charge in [0, 0.05) is 44.4 Å². The Morgan fingerprint density at radius 3 is 1.47 bits per heavy atom. The van der Waals surface area contributed by atoms with Crippen LogP contribution in [0.15, 0.2) is 255 Å². The molecular formula is C73H54N2. The Morgan fingerprint density at radius 1 is 0.333 bits per heavy atom. The van der Waals surface area contributed by atoms with Crippen LogP contribution in [0.3, 0.4) is 0 Å². The van der Waals surface area contributed by atoms with E-state index in [9.17, 15) is 5.48 Å². The molecule has 0 bridgehead atoms. The number of aromatic nitrogens is 1. The quantitative estimate of drug-likeness (QED) is 0.155. The SMILES string of the molecule is [2H]c1c([2H])c(N(c2ccc3c(c2)-c2ccccc2C3(C)C)c2ccc3c(c2)C(C)(C)c2ccccc2-3)c([2H])c([2H])c1-c1ccc2c(c1)c1cc(C3(c4ccccc4)c4ccccc4-c4ccccc43)ccc1n2-c1ccccc1. The fourth-order valence-corrected chi connectivity index (χ4v) is 13.6. The number of para-hydroxylation sites is 1. The summed E-state index contributed by atoms with van der Waals surface area (Å²) in [5.74, 6) is 0. The van der Waals surface area contributed by atoms with Crippen molar-refractivity contribution in [2.75, 3.05) is 4.90 Å². The highest BCUT2D eigenvalue weighted by Crippen LogP contribution is 2.57. The summed E-state index contributed by atoms with van der Waals surface area (Å²) >= 11 is 0. The second-order valence-electron chi connectivity index (χ2n) is 21.7. The van der Waals surface area contributed by atoms with Gasteiger partial charge in [0.15, 0.2) is 0 Å². The molecule has 3 aliphatic rings. The Hall–Kier alpha value is -8.98. The van der Waals surface area contributed by atoms with Gasteiger partial charge in [-0.05, 0) is 162 Å². The first-order valence-electron chi connectivity index (χ1n) is 28.2. The lowest BCUT2D eigenvalue weighted by atomic mass is 9.67. The molecule has 12 aromatic rings. The van der Waals surface area contributed by atoms with Crippen molar-refractivity contribution in [3.05, 3.63) is 299 Å². The molecule has 1 aromatic heterocycles. The molecule has 15 rings (SSSR count). The maximum atomic E-state index is 10.1. The van der Waals surface area contributed by atoms with Gasteiger partial charge in [0.05, 0.1) is 21.9 Å². The van der Waals surface area contributed by atoms with Gasteiger partial charge >= 0.3 is 0 Å². The number of benzene rings is 11. The van der Waals surface area contributed by atoms with Crippen LogP contribution >= 0.6 is 0 Å². The lowest BCUT2D eigenvalue weighted by molar-refractivity contribution is 0.660. The van der Waals surface area contributed by atoms with Gasteiger partial charge in [-0.25, -0.2) is 0 Å². The molecule has 0 radical (unpaired) electrons. The minimum atomic E-state index is -0.622. The van der Waals surface area contributed by atoms with Crippen LogP contribution in [0.5, 0.6) is 0 Å². The van der Waals surface area contributed by atoms with Crippen LogP contribution < -0.4 is 4.90 Å². The molecule has 3 aliphatic carbocycles. The zero-order valence-corrected chi connectivity index (χ0v) is 42.3. The number of rotatable bonds is 7.